The number of carbonyl (C=O) groups is 1. The first-order valence-corrected chi connectivity index (χ1v) is 13.7. The lowest BCUT2D eigenvalue weighted by Gasteiger charge is -2.49. The van der Waals surface area contributed by atoms with E-state index in [1.165, 1.54) is 0 Å². The minimum Gasteiger partial charge on any atom is -0.497 e. The summed E-state index contributed by atoms with van der Waals surface area (Å²) in [6.45, 7) is 7.42. The molecule has 2 N–H and O–H groups in total. The van der Waals surface area contributed by atoms with Gasteiger partial charge in [0.05, 0.1) is 26.4 Å². The first-order valence-electron chi connectivity index (χ1n) is 13.7. The number of rotatable bonds is 9. The van der Waals surface area contributed by atoms with E-state index in [1.54, 1.807) is 14.2 Å². The highest BCUT2D eigenvalue weighted by atomic mass is 16.6. The molecule has 6 rings (SSSR count). The molecule has 9 nitrogen and oxygen atoms in total. The Morgan fingerprint density at radius 3 is 2.58 bits per heavy atom. The van der Waals surface area contributed by atoms with Crippen molar-refractivity contribution in [2.24, 2.45) is 5.41 Å². The maximum atomic E-state index is 13.2. The van der Waals surface area contributed by atoms with Crippen LogP contribution in [0, 0.1) is 5.41 Å². The Morgan fingerprint density at radius 2 is 1.90 bits per heavy atom. The summed E-state index contributed by atoms with van der Waals surface area (Å²) in [5, 5.41) is 15.7. The Morgan fingerprint density at radius 1 is 1.12 bits per heavy atom. The third kappa shape index (κ3) is 5.10. The molecule has 0 spiro atoms. The second kappa shape index (κ2) is 10.4. The summed E-state index contributed by atoms with van der Waals surface area (Å²) in [6, 6.07) is 14.0. The van der Waals surface area contributed by atoms with Crippen LogP contribution in [-0.2, 0) is 11.3 Å². The largest absolute Gasteiger partial charge is 0.497 e. The lowest BCUT2D eigenvalue weighted by molar-refractivity contribution is -0.00273. The number of aliphatic hydroxyl groups excluding tert-OH is 1. The lowest BCUT2D eigenvalue weighted by Crippen LogP contribution is -2.58. The van der Waals surface area contributed by atoms with Gasteiger partial charge in [0.2, 0.25) is 0 Å². The Kier molecular flexibility index (Phi) is 7.20. The van der Waals surface area contributed by atoms with Crippen molar-refractivity contribution < 1.29 is 24.1 Å². The Labute approximate surface area is 236 Å². The highest BCUT2D eigenvalue weighted by molar-refractivity contribution is 6.00. The molecular weight excluding hydrogens is 508 g/mol. The summed E-state index contributed by atoms with van der Waals surface area (Å²) >= 11 is 0. The number of amides is 1. The molecule has 0 atom stereocenters. The standard InChI is InChI=1S/C31H40N4O5/c1-29(2,3)40-28(37)35-18-30(20-36)16-31(35,17-30)19-34(4)25-9-7-8-24-23(25)12-13-32-27(24)33-15-21-10-11-22(38-5)14-26(21)39-6/h7-14,36H,15-20H2,1-6H3,(H,32,33). The SMILES string of the molecule is COc1ccc(CNc2nccc3c(N(C)CC45CC(CO)(CN4C(=O)OC(C)(C)C)C5)cccc23)c(OC)c1. The molecule has 3 heterocycles. The average Bonchev–Trinajstić information content (AvgIpc) is 3.41. The van der Waals surface area contributed by atoms with E-state index < -0.39 is 5.60 Å². The molecule has 1 saturated carbocycles. The van der Waals surface area contributed by atoms with Crippen molar-refractivity contribution in [2.45, 2.75) is 51.3 Å². The van der Waals surface area contributed by atoms with Crippen LogP contribution in [-0.4, -0.2) is 73.2 Å². The molecule has 3 aromatic rings. The number of hydrogen-bond donors (Lipinski definition) is 2. The van der Waals surface area contributed by atoms with Gasteiger partial charge in [-0.1, -0.05) is 12.1 Å². The second-order valence-electron chi connectivity index (χ2n) is 12.2. The van der Waals surface area contributed by atoms with E-state index in [1.807, 2.05) is 62.2 Å². The third-order valence-corrected chi connectivity index (χ3v) is 8.09. The number of ether oxygens (including phenoxy) is 3. The Hall–Kier alpha value is -3.72. The van der Waals surface area contributed by atoms with Crippen LogP contribution < -0.4 is 19.7 Å². The van der Waals surface area contributed by atoms with Crippen LogP contribution in [0.25, 0.3) is 10.8 Å². The number of benzene rings is 2. The van der Waals surface area contributed by atoms with Crippen molar-refractivity contribution in [1.29, 1.82) is 0 Å². The van der Waals surface area contributed by atoms with Gasteiger partial charge in [0.1, 0.15) is 22.9 Å². The molecule has 2 aromatic carbocycles. The Balaban J connectivity index is 1.38. The van der Waals surface area contributed by atoms with Gasteiger partial charge >= 0.3 is 6.09 Å². The fourth-order valence-corrected chi connectivity index (χ4v) is 6.45. The monoisotopic (exact) mass is 548 g/mol. The average molecular weight is 549 g/mol. The van der Waals surface area contributed by atoms with Crippen molar-refractivity contribution in [2.75, 3.05) is 51.2 Å². The van der Waals surface area contributed by atoms with Crippen molar-refractivity contribution in [3.63, 3.8) is 0 Å². The predicted octanol–water partition coefficient (Wildman–Crippen LogP) is 5.06. The lowest BCUT2D eigenvalue weighted by atomic mass is 9.62. The van der Waals surface area contributed by atoms with Gasteiger partial charge in [0.25, 0.3) is 0 Å². The molecule has 40 heavy (non-hydrogen) atoms. The molecular formula is C31H40N4O5. The number of carbonyl (C=O) groups excluding carboxylic acids is 1. The van der Waals surface area contributed by atoms with Gasteiger partial charge in [-0.05, 0) is 57.9 Å². The number of pyridine rings is 1. The van der Waals surface area contributed by atoms with E-state index in [4.69, 9.17) is 14.2 Å². The molecule has 1 aliphatic carbocycles. The van der Waals surface area contributed by atoms with Crippen molar-refractivity contribution >= 4 is 28.4 Å². The Bertz CT molecular complexity index is 1400. The summed E-state index contributed by atoms with van der Waals surface area (Å²) in [5.41, 5.74) is 0.860. The number of nitrogens with one attached hydrogen (secondary N) is 1. The maximum Gasteiger partial charge on any atom is 0.410 e. The number of aliphatic hydroxyl groups is 1. The van der Waals surface area contributed by atoms with Crippen LogP contribution in [0.3, 0.4) is 0 Å². The molecule has 0 unspecified atom stereocenters. The number of likely N-dealkylation sites (N-methyl/N-ethyl adjacent to an activating group) is 1. The van der Waals surface area contributed by atoms with E-state index >= 15 is 0 Å². The van der Waals surface area contributed by atoms with Crippen LogP contribution in [0.5, 0.6) is 11.5 Å². The summed E-state index contributed by atoms with van der Waals surface area (Å²) in [7, 11) is 5.34. The molecule has 3 aliphatic rings. The fraction of sp³-hybridized carbons (Fsp3) is 0.484. The van der Waals surface area contributed by atoms with Crippen molar-refractivity contribution in [3.05, 3.63) is 54.2 Å². The maximum absolute atomic E-state index is 13.2. The van der Waals surface area contributed by atoms with Crippen molar-refractivity contribution in [1.82, 2.24) is 9.88 Å². The first kappa shape index (κ1) is 27.8. The van der Waals surface area contributed by atoms with Crippen molar-refractivity contribution in [3.8, 4) is 11.5 Å². The van der Waals surface area contributed by atoms with Gasteiger partial charge in [0.15, 0.2) is 0 Å². The number of methoxy groups -OCH3 is 2. The molecule has 1 aromatic heterocycles. The zero-order valence-corrected chi connectivity index (χ0v) is 24.3. The molecule has 214 valence electrons. The van der Waals surface area contributed by atoms with E-state index in [2.05, 4.69) is 34.4 Å². The van der Waals surface area contributed by atoms with Crippen LogP contribution >= 0.6 is 0 Å². The van der Waals surface area contributed by atoms with Gasteiger partial charge in [-0.2, -0.15) is 0 Å². The molecule has 2 aliphatic heterocycles. The number of aromatic nitrogens is 1. The number of hydrogen-bond acceptors (Lipinski definition) is 8. The van der Waals surface area contributed by atoms with Crippen LogP contribution in [0.1, 0.15) is 39.2 Å². The summed E-state index contributed by atoms with van der Waals surface area (Å²) < 4.78 is 16.6. The quantitative estimate of drug-likeness (QED) is 0.383. The van der Waals surface area contributed by atoms with E-state index in [-0.39, 0.29) is 23.7 Å². The van der Waals surface area contributed by atoms with E-state index in [9.17, 15) is 9.90 Å². The zero-order valence-electron chi connectivity index (χ0n) is 24.3. The third-order valence-electron chi connectivity index (χ3n) is 8.09. The summed E-state index contributed by atoms with van der Waals surface area (Å²) in [6.07, 6.45) is 3.04. The number of anilines is 2. The summed E-state index contributed by atoms with van der Waals surface area (Å²) in [4.78, 5) is 21.9. The second-order valence-corrected chi connectivity index (χ2v) is 12.2. The smallest absolute Gasteiger partial charge is 0.410 e. The van der Waals surface area contributed by atoms with E-state index in [0.29, 0.717) is 19.6 Å². The van der Waals surface area contributed by atoms with Crippen LogP contribution in [0.2, 0.25) is 0 Å². The summed E-state index contributed by atoms with van der Waals surface area (Å²) in [5.74, 6) is 2.27. The highest BCUT2D eigenvalue weighted by Crippen LogP contribution is 2.59. The van der Waals surface area contributed by atoms with Gasteiger partial charge in [-0.3, -0.25) is 0 Å². The molecule has 9 heteroatoms. The first-order chi connectivity index (χ1) is 19.0. The highest BCUT2D eigenvalue weighted by Gasteiger charge is 2.67. The molecule has 3 fully saturated rings. The minimum atomic E-state index is -0.578. The normalized spacial score (nSPS) is 21.6. The molecule has 2 bridgehead atoms. The van der Waals surface area contributed by atoms with Gasteiger partial charge in [-0.15, -0.1) is 0 Å². The topological polar surface area (TPSA) is 96.4 Å². The van der Waals surface area contributed by atoms with Gasteiger partial charge < -0.3 is 34.4 Å². The fourth-order valence-electron chi connectivity index (χ4n) is 6.45. The number of nitrogens with zero attached hydrogens (tertiary/aromatic N) is 3. The van der Waals surface area contributed by atoms with Crippen LogP contribution in [0.15, 0.2) is 48.7 Å². The van der Waals surface area contributed by atoms with E-state index in [0.717, 1.165) is 52.2 Å². The minimum absolute atomic E-state index is 0.0751. The molecule has 2 saturated heterocycles. The van der Waals surface area contributed by atoms with Crippen LogP contribution in [0.4, 0.5) is 16.3 Å². The van der Waals surface area contributed by atoms with Gasteiger partial charge in [-0.25, -0.2) is 9.78 Å². The predicted molar refractivity (Wildman–Crippen MR) is 156 cm³/mol. The molecule has 1 amide bonds. The molecule has 0 radical (unpaired) electrons. The van der Waals surface area contributed by atoms with Gasteiger partial charge in [0, 0.05) is 66.4 Å². The zero-order chi connectivity index (χ0) is 28.7. The number of fused-ring (bicyclic) bond motifs is 2.